The SMILES string of the molecule is Cc1ccc(CN(C(=O)COc2ccc(C(C)(C)C)cc2Br)C(C)C(=O)NC2CCCCC2)cc1. The number of nitrogens with zero attached hydrogens (tertiary/aromatic N) is 1. The van der Waals surface area contributed by atoms with Crippen LogP contribution in [0.25, 0.3) is 0 Å². The van der Waals surface area contributed by atoms with Gasteiger partial charge in [0, 0.05) is 12.6 Å². The van der Waals surface area contributed by atoms with Gasteiger partial charge in [0.1, 0.15) is 11.8 Å². The van der Waals surface area contributed by atoms with E-state index >= 15 is 0 Å². The van der Waals surface area contributed by atoms with E-state index in [-0.39, 0.29) is 29.9 Å². The maximum Gasteiger partial charge on any atom is 0.261 e. The van der Waals surface area contributed by atoms with Gasteiger partial charge >= 0.3 is 0 Å². The van der Waals surface area contributed by atoms with Gasteiger partial charge < -0.3 is 15.0 Å². The number of amides is 2. The van der Waals surface area contributed by atoms with Gasteiger partial charge in [-0.05, 0) is 71.3 Å². The molecular weight excluding hydrogens is 504 g/mol. The minimum Gasteiger partial charge on any atom is -0.483 e. The molecule has 6 heteroatoms. The maximum absolute atomic E-state index is 13.4. The van der Waals surface area contributed by atoms with E-state index in [0.717, 1.165) is 41.3 Å². The van der Waals surface area contributed by atoms with Crippen LogP contribution < -0.4 is 10.1 Å². The zero-order chi connectivity index (χ0) is 25.6. The molecule has 1 N–H and O–H groups in total. The van der Waals surface area contributed by atoms with Crippen molar-refractivity contribution in [3.8, 4) is 5.75 Å². The number of ether oxygens (including phenoxy) is 1. The van der Waals surface area contributed by atoms with E-state index in [1.54, 1.807) is 11.8 Å². The summed E-state index contributed by atoms with van der Waals surface area (Å²) in [5, 5.41) is 3.17. The summed E-state index contributed by atoms with van der Waals surface area (Å²) in [4.78, 5) is 28.1. The van der Waals surface area contributed by atoms with Crippen LogP contribution in [0.1, 0.15) is 76.5 Å². The minimum absolute atomic E-state index is 0.0167. The number of nitrogens with one attached hydrogen (secondary N) is 1. The number of carbonyl (C=O) groups excluding carboxylic acids is 2. The van der Waals surface area contributed by atoms with Crippen molar-refractivity contribution in [1.82, 2.24) is 10.2 Å². The lowest BCUT2D eigenvalue weighted by atomic mass is 9.87. The number of hydrogen-bond donors (Lipinski definition) is 1. The summed E-state index contributed by atoms with van der Waals surface area (Å²) in [6.45, 7) is 10.5. The largest absolute Gasteiger partial charge is 0.483 e. The topological polar surface area (TPSA) is 58.6 Å². The first-order chi connectivity index (χ1) is 16.5. The average molecular weight is 544 g/mol. The Kier molecular flexibility index (Phi) is 9.40. The highest BCUT2D eigenvalue weighted by atomic mass is 79.9. The Morgan fingerprint density at radius 2 is 1.74 bits per heavy atom. The van der Waals surface area contributed by atoms with Gasteiger partial charge in [0.05, 0.1) is 4.47 Å². The first-order valence-corrected chi connectivity index (χ1v) is 13.4. The molecule has 0 heterocycles. The molecule has 1 unspecified atom stereocenters. The predicted molar refractivity (Wildman–Crippen MR) is 145 cm³/mol. The van der Waals surface area contributed by atoms with Crippen LogP contribution in [0.5, 0.6) is 5.75 Å². The van der Waals surface area contributed by atoms with Crippen LogP contribution in [0, 0.1) is 6.92 Å². The van der Waals surface area contributed by atoms with Crippen LogP contribution in [0.4, 0.5) is 0 Å². The first-order valence-electron chi connectivity index (χ1n) is 12.6. The Balaban J connectivity index is 1.72. The van der Waals surface area contributed by atoms with Crippen molar-refractivity contribution >= 4 is 27.7 Å². The number of benzene rings is 2. The summed E-state index contributed by atoms with van der Waals surface area (Å²) < 4.78 is 6.73. The van der Waals surface area contributed by atoms with Crippen molar-refractivity contribution in [2.75, 3.05) is 6.61 Å². The Bertz CT molecular complexity index is 1010. The van der Waals surface area contributed by atoms with Crippen molar-refractivity contribution in [2.24, 2.45) is 0 Å². The van der Waals surface area contributed by atoms with E-state index in [4.69, 9.17) is 4.74 Å². The molecule has 2 aromatic rings. The van der Waals surface area contributed by atoms with Crippen molar-refractivity contribution in [2.45, 2.75) is 90.8 Å². The van der Waals surface area contributed by atoms with E-state index in [2.05, 4.69) is 42.0 Å². The molecule has 0 spiro atoms. The summed E-state index contributed by atoms with van der Waals surface area (Å²) in [6, 6.07) is 13.6. The summed E-state index contributed by atoms with van der Waals surface area (Å²) in [6.07, 6.45) is 5.52. The molecule has 0 radical (unpaired) electrons. The second kappa shape index (κ2) is 12.1. The standard InChI is InChI=1S/C29H39BrN2O3/c1-20-11-13-22(14-12-20)18-32(21(2)28(34)31-24-9-7-6-8-10-24)27(33)19-35-26-16-15-23(17-25(26)30)29(3,4)5/h11-17,21,24H,6-10,18-19H2,1-5H3,(H,31,34). The van der Waals surface area contributed by atoms with Crippen LogP contribution >= 0.6 is 15.9 Å². The van der Waals surface area contributed by atoms with Gasteiger partial charge in [-0.2, -0.15) is 0 Å². The fourth-order valence-corrected chi connectivity index (χ4v) is 4.84. The summed E-state index contributed by atoms with van der Waals surface area (Å²) in [5.74, 6) is 0.290. The second-order valence-corrected chi connectivity index (χ2v) is 11.6. The van der Waals surface area contributed by atoms with Crippen molar-refractivity contribution in [3.63, 3.8) is 0 Å². The fraction of sp³-hybridized carbons (Fsp3) is 0.517. The molecule has 2 aromatic carbocycles. The van der Waals surface area contributed by atoms with Gasteiger partial charge in [0.25, 0.3) is 5.91 Å². The molecule has 1 aliphatic rings. The Morgan fingerprint density at radius 3 is 2.34 bits per heavy atom. The highest BCUT2D eigenvalue weighted by Gasteiger charge is 2.28. The highest BCUT2D eigenvalue weighted by Crippen LogP contribution is 2.31. The Morgan fingerprint density at radius 1 is 1.09 bits per heavy atom. The maximum atomic E-state index is 13.4. The number of hydrogen-bond acceptors (Lipinski definition) is 3. The van der Waals surface area contributed by atoms with Crippen LogP contribution in [-0.4, -0.2) is 35.4 Å². The molecule has 0 aromatic heterocycles. The molecule has 1 aliphatic carbocycles. The van der Waals surface area contributed by atoms with Crippen molar-refractivity contribution in [3.05, 3.63) is 63.6 Å². The van der Waals surface area contributed by atoms with Crippen molar-refractivity contribution < 1.29 is 14.3 Å². The molecule has 0 aliphatic heterocycles. The monoisotopic (exact) mass is 542 g/mol. The lowest BCUT2D eigenvalue weighted by Gasteiger charge is -2.31. The van der Waals surface area contributed by atoms with Gasteiger partial charge in [-0.1, -0.05) is 75.9 Å². The van der Waals surface area contributed by atoms with Gasteiger partial charge in [-0.15, -0.1) is 0 Å². The average Bonchev–Trinajstić information content (AvgIpc) is 2.82. The molecular formula is C29H39BrN2O3. The molecule has 5 nitrogen and oxygen atoms in total. The lowest BCUT2D eigenvalue weighted by Crippen LogP contribution is -2.51. The number of aryl methyl sites for hydroxylation is 1. The zero-order valence-corrected chi connectivity index (χ0v) is 23.3. The molecule has 3 rings (SSSR count). The molecule has 0 bridgehead atoms. The van der Waals surface area contributed by atoms with E-state index in [9.17, 15) is 9.59 Å². The third kappa shape index (κ3) is 7.83. The van der Waals surface area contributed by atoms with Crippen LogP contribution in [0.3, 0.4) is 0 Å². The molecule has 0 saturated heterocycles. The molecule has 1 fully saturated rings. The number of rotatable bonds is 8. The number of carbonyl (C=O) groups is 2. The van der Waals surface area contributed by atoms with E-state index in [1.807, 2.05) is 49.4 Å². The summed E-state index contributed by atoms with van der Waals surface area (Å²) in [5.41, 5.74) is 3.33. The lowest BCUT2D eigenvalue weighted by molar-refractivity contribution is -0.142. The Labute approximate surface area is 218 Å². The molecule has 190 valence electrons. The van der Waals surface area contributed by atoms with E-state index in [1.165, 1.54) is 12.0 Å². The third-order valence-electron chi connectivity index (χ3n) is 6.74. The summed E-state index contributed by atoms with van der Waals surface area (Å²) in [7, 11) is 0. The second-order valence-electron chi connectivity index (χ2n) is 10.7. The van der Waals surface area contributed by atoms with E-state index in [0.29, 0.717) is 12.3 Å². The fourth-order valence-electron chi connectivity index (χ4n) is 4.35. The molecule has 1 saturated carbocycles. The van der Waals surface area contributed by atoms with Crippen LogP contribution in [0.15, 0.2) is 46.9 Å². The zero-order valence-electron chi connectivity index (χ0n) is 21.7. The molecule has 1 atom stereocenters. The molecule has 2 amide bonds. The number of halogens is 1. The Hall–Kier alpha value is -2.34. The minimum atomic E-state index is -0.596. The van der Waals surface area contributed by atoms with Crippen molar-refractivity contribution in [1.29, 1.82) is 0 Å². The van der Waals surface area contributed by atoms with Gasteiger partial charge in [-0.25, -0.2) is 0 Å². The molecule has 35 heavy (non-hydrogen) atoms. The first kappa shape index (κ1) is 27.3. The van der Waals surface area contributed by atoms with Gasteiger partial charge in [0.15, 0.2) is 6.61 Å². The van der Waals surface area contributed by atoms with E-state index < -0.39 is 6.04 Å². The smallest absolute Gasteiger partial charge is 0.261 e. The van der Waals surface area contributed by atoms with Gasteiger partial charge in [-0.3, -0.25) is 9.59 Å². The predicted octanol–water partition coefficient (Wildman–Crippen LogP) is 6.30. The quantitative estimate of drug-likeness (QED) is 0.425. The highest BCUT2D eigenvalue weighted by molar-refractivity contribution is 9.10. The third-order valence-corrected chi connectivity index (χ3v) is 7.36. The van der Waals surface area contributed by atoms with Gasteiger partial charge in [0.2, 0.25) is 5.91 Å². The van der Waals surface area contributed by atoms with Crippen LogP contribution in [-0.2, 0) is 21.5 Å². The summed E-state index contributed by atoms with van der Waals surface area (Å²) >= 11 is 3.58. The normalized spacial score (nSPS) is 15.4. The van der Waals surface area contributed by atoms with Crippen LogP contribution in [0.2, 0.25) is 0 Å².